The number of nitrogens with zero attached hydrogens (tertiary/aromatic N) is 1. The highest BCUT2D eigenvalue weighted by Gasteiger charge is 2.20. The first kappa shape index (κ1) is 16.2. The highest BCUT2D eigenvalue weighted by molar-refractivity contribution is 4.74. The molecule has 0 aromatic heterocycles. The maximum absolute atomic E-state index is 5.88. The van der Waals surface area contributed by atoms with Crippen molar-refractivity contribution in [3.8, 4) is 0 Å². The fourth-order valence-electron chi connectivity index (χ4n) is 3.10. The number of ether oxygens (including phenoxy) is 2. The summed E-state index contributed by atoms with van der Waals surface area (Å²) in [5.41, 5.74) is 0. The molecule has 0 bridgehead atoms. The summed E-state index contributed by atoms with van der Waals surface area (Å²) in [4.78, 5) is 2.57. The maximum atomic E-state index is 5.88. The van der Waals surface area contributed by atoms with Gasteiger partial charge in [-0.05, 0) is 65.0 Å². The zero-order valence-electron chi connectivity index (χ0n) is 13.3. The van der Waals surface area contributed by atoms with Crippen molar-refractivity contribution in [2.75, 3.05) is 39.4 Å². The van der Waals surface area contributed by atoms with E-state index >= 15 is 0 Å². The first-order chi connectivity index (χ1) is 9.75. The van der Waals surface area contributed by atoms with Gasteiger partial charge in [0.2, 0.25) is 0 Å². The molecule has 4 heteroatoms. The zero-order valence-corrected chi connectivity index (χ0v) is 13.3. The predicted octanol–water partition coefficient (Wildman–Crippen LogP) is 2.24. The van der Waals surface area contributed by atoms with Crippen LogP contribution in [0.3, 0.4) is 0 Å². The molecular weight excluding hydrogens is 252 g/mol. The van der Waals surface area contributed by atoms with Gasteiger partial charge in [0.25, 0.3) is 0 Å². The van der Waals surface area contributed by atoms with E-state index in [1.807, 2.05) is 0 Å². The molecule has 2 heterocycles. The van der Waals surface area contributed by atoms with Crippen LogP contribution in [0.25, 0.3) is 0 Å². The van der Waals surface area contributed by atoms with Crippen LogP contribution in [0.2, 0.25) is 0 Å². The Bertz CT molecular complexity index is 249. The van der Waals surface area contributed by atoms with Gasteiger partial charge in [0.1, 0.15) is 0 Å². The van der Waals surface area contributed by atoms with Gasteiger partial charge in [-0.2, -0.15) is 0 Å². The Balaban J connectivity index is 1.65. The van der Waals surface area contributed by atoms with Crippen molar-refractivity contribution in [2.45, 2.75) is 58.3 Å². The lowest BCUT2D eigenvalue weighted by molar-refractivity contribution is -0.165. The molecule has 2 aliphatic rings. The van der Waals surface area contributed by atoms with E-state index in [0.29, 0.717) is 6.04 Å². The number of nitrogens with one attached hydrogen (secondary N) is 1. The molecule has 20 heavy (non-hydrogen) atoms. The summed E-state index contributed by atoms with van der Waals surface area (Å²) in [6.07, 6.45) is 6.18. The van der Waals surface area contributed by atoms with E-state index in [9.17, 15) is 0 Å². The molecular formula is C16H32N2O2. The largest absolute Gasteiger partial charge is 0.353 e. The number of piperidine rings is 1. The molecule has 0 aliphatic carbocycles. The number of hydrogen-bond donors (Lipinski definition) is 1. The summed E-state index contributed by atoms with van der Waals surface area (Å²) in [5, 5.41) is 3.44. The van der Waals surface area contributed by atoms with Gasteiger partial charge in [0.05, 0.1) is 6.61 Å². The first-order valence-corrected chi connectivity index (χ1v) is 8.43. The molecule has 0 aromatic rings. The van der Waals surface area contributed by atoms with Crippen molar-refractivity contribution in [1.82, 2.24) is 10.2 Å². The molecule has 2 rings (SSSR count). The highest BCUT2D eigenvalue weighted by atomic mass is 16.7. The molecule has 4 nitrogen and oxygen atoms in total. The minimum absolute atomic E-state index is 0.0524. The molecule has 2 aliphatic heterocycles. The summed E-state index contributed by atoms with van der Waals surface area (Å²) in [6, 6.07) is 0.598. The Morgan fingerprint density at radius 3 is 2.65 bits per heavy atom. The monoisotopic (exact) mass is 284 g/mol. The quantitative estimate of drug-likeness (QED) is 0.777. The lowest BCUT2D eigenvalue weighted by Crippen LogP contribution is -2.41. The molecule has 1 N–H and O–H groups in total. The Morgan fingerprint density at radius 2 is 2.00 bits per heavy atom. The Kier molecular flexibility index (Phi) is 7.28. The van der Waals surface area contributed by atoms with E-state index in [2.05, 4.69) is 24.1 Å². The van der Waals surface area contributed by atoms with Crippen molar-refractivity contribution >= 4 is 0 Å². The van der Waals surface area contributed by atoms with E-state index in [1.54, 1.807) is 0 Å². The molecule has 2 fully saturated rings. The highest BCUT2D eigenvalue weighted by Crippen LogP contribution is 2.16. The predicted molar refractivity (Wildman–Crippen MR) is 81.8 cm³/mol. The molecule has 0 radical (unpaired) electrons. The van der Waals surface area contributed by atoms with Crippen molar-refractivity contribution in [2.24, 2.45) is 5.92 Å². The van der Waals surface area contributed by atoms with Gasteiger partial charge in [0, 0.05) is 25.7 Å². The Labute approximate surface area is 124 Å². The van der Waals surface area contributed by atoms with E-state index in [-0.39, 0.29) is 6.29 Å². The SMILES string of the molecule is CC(C)N(CCOC1CCCCO1)CC1CCNCC1. The third-order valence-electron chi connectivity index (χ3n) is 4.50. The second-order valence-electron chi connectivity index (χ2n) is 6.45. The van der Waals surface area contributed by atoms with Gasteiger partial charge in [0.15, 0.2) is 6.29 Å². The van der Waals surface area contributed by atoms with Crippen LogP contribution in [-0.4, -0.2) is 56.6 Å². The average Bonchev–Trinajstić information content (AvgIpc) is 2.48. The van der Waals surface area contributed by atoms with Crippen LogP contribution in [0.15, 0.2) is 0 Å². The van der Waals surface area contributed by atoms with E-state index in [0.717, 1.165) is 32.1 Å². The minimum Gasteiger partial charge on any atom is -0.353 e. The number of hydrogen-bond acceptors (Lipinski definition) is 4. The summed E-state index contributed by atoms with van der Waals surface area (Å²) < 4.78 is 11.5. The van der Waals surface area contributed by atoms with Crippen LogP contribution < -0.4 is 5.32 Å². The lowest BCUT2D eigenvalue weighted by atomic mass is 9.97. The van der Waals surface area contributed by atoms with Crippen molar-refractivity contribution in [3.63, 3.8) is 0 Å². The second-order valence-corrected chi connectivity index (χ2v) is 6.45. The van der Waals surface area contributed by atoms with Gasteiger partial charge in [-0.3, -0.25) is 4.90 Å². The summed E-state index contributed by atoms with van der Waals surface area (Å²) in [5.74, 6) is 0.851. The maximum Gasteiger partial charge on any atom is 0.157 e. The van der Waals surface area contributed by atoms with Gasteiger partial charge in [-0.1, -0.05) is 0 Å². The minimum atomic E-state index is 0.0524. The van der Waals surface area contributed by atoms with Crippen molar-refractivity contribution in [1.29, 1.82) is 0 Å². The molecule has 0 aromatic carbocycles. The topological polar surface area (TPSA) is 33.7 Å². The molecule has 1 atom stereocenters. The third-order valence-corrected chi connectivity index (χ3v) is 4.50. The molecule has 118 valence electrons. The second kappa shape index (κ2) is 8.98. The van der Waals surface area contributed by atoms with Gasteiger partial charge >= 0.3 is 0 Å². The van der Waals surface area contributed by atoms with Crippen LogP contribution in [0.1, 0.15) is 46.0 Å². The van der Waals surface area contributed by atoms with Crippen LogP contribution in [-0.2, 0) is 9.47 Å². The number of rotatable bonds is 7. The average molecular weight is 284 g/mol. The summed E-state index contributed by atoms with van der Waals surface area (Å²) >= 11 is 0. The smallest absolute Gasteiger partial charge is 0.157 e. The molecule has 0 amide bonds. The van der Waals surface area contributed by atoms with Gasteiger partial charge in [-0.25, -0.2) is 0 Å². The Morgan fingerprint density at radius 1 is 1.20 bits per heavy atom. The van der Waals surface area contributed by atoms with E-state index in [1.165, 1.54) is 45.3 Å². The van der Waals surface area contributed by atoms with Gasteiger partial charge < -0.3 is 14.8 Å². The Hall–Kier alpha value is -0.160. The van der Waals surface area contributed by atoms with Crippen LogP contribution >= 0.6 is 0 Å². The zero-order chi connectivity index (χ0) is 14.2. The van der Waals surface area contributed by atoms with Crippen molar-refractivity contribution < 1.29 is 9.47 Å². The fraction of sp³-hybridized carbons (Fsp3) is 1.00. The van der Waals surface area contributed by atoms with Crippen LogP contribution in [0.5, 0.6) is 0 Å². The van der Waals surface area contributed by atoms with Crippen molar-refractivity contribution in [3.05, 3.63) is 0 Å². The first-order valence-electron chi connectivity index (χ1n) is 8.43. The third kappa shape index (κ3) is 5.68. The standard InChI is InChI=1S/C16H32N2O2/c1-14(2)18(13-15-6-8-17-9-7-15)10-12-20-16-5-3-4-11-19-16/h14-17H,3-13H2,1-2H3. The summed E-state index contributed by atoms with van der Waals surface area (Å²) in [7, 11) is 0. The van der Waals surface area contributed by atoms with Gasteiger partial charge in [-0.15, -0.1) is 0 Å². The normalized spacial score (nSPS) is 25.5. The fourth-order valence-corrected chi connectivity index (χ4v) is 3.10. The lowest BCUT2D eigenvalue weighted by Gasteiger charge is -2.33. The van der Waals surface area contributed by atoms with Crippen LogP contribution in [0.4, 0.5) is 0 Å². The van der Waals surface area contributed by atoms with E-state index in [4.69, 9.17) is 9.47 Å². The molecule has 0 spiro atoms. The van der Waals surface area contributed by atoms with Crippen LogP contribution in [0, 0.1) is 5.92 Å². The van der Waals surface area contributed by atoms with E-state index < -0.39 is 0 Å². The summed E-state index contributed by atoms with van der Waals surface area (Å²) in [6.45, 7) is 10.9. The molecule has 2 saturated heterocycles. The molecule has 1 unspecified atom stereocenters. The molecule has 0 saturated carbocycles.